The van der Waals surface area contributed by atoms with Crippen molar-refractivity contribution in [2.75, 3.05) is 19.5 Å². The molecule has 2 aromatic heterocycles. The van der Waals surface area contributed by atoms with E-state index < -0.39 is 0 Å². The van der Waals surface area contributed by atoms with Gasteiger partial charge in [0, 0.05) is 22.5 Å². The highest BCUT2D eigenvalue weighted by Crippen LogP contribution is 2.37. The van der Waals surface area contributed by atoms with E-state index in [1.165, 1.54) is 6.42 Å². The third kappa shape index (κ3) is 4.93. The predicted octanol–water partition coefficient (Wildman–Crippen LogP) is 6.25. The first-order valence-electron chi connectivity index (χ1n) is 13.6. The number of anilines is 1. The first kappa shape index (κ1) is 25.7. The lowest BCUT2D eigenvalue weighted by Crippen LogP contribution is -2.18. The normalized spacial score (nSPS) is 13.3. The third-order valence-electron chi connectivity index (χ3n) is 7.61. The molecule has 0 amide bonds. The van der Waals surface area contributed by atoms with Crippen LogP contribution in [0.25, 0.3) is 32.8 Å². The lowest BCUT2D eigenvalue weighted by Gasteiger charge is -2.26. The molecule has 6 rings (SSSR count). The van der Waals surface area contributed by atoms with E-state index in [1.807, 2.05) is 24.3 Å². The summed E-state index contributed by atoms with van der Waals surface area (Å²) in [4.78, 5) is 16.5. The van der Waals surface area contributed by atoms with Crippen molar-refractivity contribution < 1.29 is 19.0 Å². The number of carbonyl (C=O) groups is 1. The molecule has 204 valence electrons. The zero-order chi connectivity index (χ0) is 27.6. The van der Waals surface area contributed by atoms with Crippen LogP contribution in [0, 0.1) is 0 Å². The van der Waals surface area contributed by atoms with Crippen molar-refractivity contribution in [1.82, 2.24) is 14.8 Å². The fraction of sp³-hybridized carbons (Fsp3) is 0.281. The molecular weight excluding hydrogens is 504 g/mol. The molecule has 40 heavy (non-hydrogen) atoms. The number of esters is 1. The predicted molar refractivity (Wildman–Crippen MR) is 155 cm³/mol. The smallest absolute Gasteiger partial charge is 0.310 e. The molecule has 8 nitrogen and oxygen atoms in total. The van der Waals surface area contributed by atoms with Crippen LogP contribution in [-0.2, 0) is 22.6 Å². The molecule has 0 bridgehead atoms. The van der Waals surface area contributed by atoms with Gasteiger partial charge in [-0.15, -0.1) is 0 Å². The molecule has 0 radical (unpaired) electrons. The molecule has 3 aromatic carbocycles. The van der Waals surface area contributed by atoms with Crippen LogP contribution in [0.1, 0.15) is 43.5 Å². The number of methoxy groups -OCH3 is 1. The molecule has 0 aliphatic heterocycles. The number of pyridine rings is 1. The number of benzene rings is 3. The minimum absolute atomic E-state index is 0.0989. The number of hydrogen-bond donors (Lipinski definition) is 1. The van der Waals surface area contributed by atoms with Crippen LogP contribution in [0.3, 0.4) is 0 Å². The van der Waals surface area contributed by atoms with E-state index in [2.05, 4.69) is 46.1 Å². The summed E-state index contributed by atoms with van der Waals surface area (Å²) in [6.07, 6.45) is 5.29. The fourth-order valence-corrected chi connectivity index (χ4v) is 5.25. The van der Waals surface area contributed by atoms with Gasteiger partial charge in [0.2, 0.25) is 0 Å². The van der Waals surface area contributed by atoms with Gasteiger partial charge in [0.25, 0.3) is 0 Å². The van der Waals surface area contributed by atoms with Crippen molar-refractivity contribution in [3.05, 3.63) is 78.1 Å². The van der Waals surface area contributed by atoms with Gasteiger partial charge in [0.05, 0.1) is 31.7 Å². The number of nitrogens with zero attached hydrogens (tertiary/aromatic N) is 3. The van der Waals surface area contributed by atoms with Crippen LogP contribution in [-0.4, -0.2) is 34.5 Å². The van der Waals surface area contributed by atoms with Crippen LogP contribution in [0.2, 0.25) is 0 Å². The van der Waals surface area contributed by atoms with Crippen molar-refractivity contribution in [2.24, 2.45) is 0 Å². The summed E-state index contributed by atoms with van der Waals surface area (Å²) < 4.78 is 19.0. The van der Waals surface area contributed by atoms with Crippen molar-refractivity contribution in [2.45, 2.75) is 45.3 Å². The quantitative estimate of drug-likeness (QED) is 0.222. The second-order valence-electron chi connectivity index (χ2n) is 10.1. The highest BCUT2D eigenvalue weighted by atomic mass is 16.5. The van der Waals surface area contributed by atoms with Gasteiger partial charge >= 0.3 is 5.97 Å². The van der Waals surface area contributed by atoms with E-state index in [9.17, 15) is 4.79 Å². The SMILES string of the molecule is CCOC(=O)Cc1cc(OC)ccc1OCc1nn(C2CCC2)c2ccc(-c3ccc4ccnc(N)c4c3)cc12. The van der Waals surface area contributed by atoms with Crippen LogP contribution in [0.4, 0.5) is 5.82 Å². The summed E-state index contributed by atoms with van der Waals surface area (Å²) in [5, 5.41) is 8.06. The molecule has 1 fully saturated rings. The molecule has 0 spiro atoms. The van der Waals surface area contributed by atoms with Gasteiger partial charge in [-0.1, -0.05) is 18.2 Å². The fourth-order valence-electron chi connectivity index (χ4n) is 5.25. The minimum atomic E-state index is -0.309. The second kappa shape index (κ2) is 10.9. The van der Waals surface area contributed by atoms with Gasteiger partial charge in [-0.3, -0.25) is 9.48 Å². The lowest BCUT2D eigenvalue weighted by atomic mass is 9.93. The Balaban J connectivity index is 1.36. The summed E-state index contributed by atoms with van der Waals surface area (Å²) in [7, 11) is 1.60. The molecule has 5 aromatic rings. The van der Waals surface area contributed by atoms with E-state index in [0.717, 1.165) is 51.3 Å². The van der Waals surface area contributed by atoms with Gasteiger partial charge in [0.1, 0.15) is 29.6 Å². The van der Waals surface area contributed by atoms with Crippen molar-refractivity contribution >= 4 is 33.5 Å². The Hall–Kier alpha value is -4.59. The van der Waals surface area contributed by atoms with Crippen LogP contribution >= 0.6 is 0 Å². The molecular formula is C32H32N4O4. The number of ether oxygens (including phenoxy) is 3. The van der Waals surface area contributed by atoms with E-state index >= 15 is 0 Å². The Bertz CT molecular complexity index is 1710. The summed E-state index contributed by atoms with van der Waals surface area (Å²) in [5.41, 5.74) is 11.0. The average molecular weight is 537 g/mol. The largest absolute Gasteiger partial charge is 0.497 e. The molecule has 0 unspecified atom stereocenters. The zero-order valence-corrected chi connectivity index (χ0v) is 22.7. The maximum Gasteiger partial charge on any atom is 0.310 e. The Labute approximate surface area is 232 Å². The van der Waals surface area contributed by atoms with Gasteiger partial charge < -0.3 is 19.9 Å². The number of nitrogen functional groups attached to an aromatic ring is 1. The van der Waals surface area contributed by atoms with Gasteiger partial charge in [-0.05, 0) is 85.2 Å². The lowest BCUT2D eigenvalue weighted by molar-refractivity contribution is -0.142. The summed E-state index contributed by atoms with van der Waals surface area (Å²) >= 11 is 0. The van der Waals surface area contributed by atoms with E-state index in [4.69, 9.17) is 25.0 Å². The molecule has 0 saturated heterocycles. The molecule has 2 heterocycles. The molecule has 8 heteroatoms. The first-order chi connectivity index (χ1) is 19.5. The Morgan fingerprint density at radius 3 is 2.58 bits per heavy atom. The highest BCUT2D eigenvalue weighted by Gasteiger charge is 2.24. The van der Waals surface area contributed by atoms with Gasteiger partial charge in [-0.25, -0.2) is 4.98 Å². The van der Waals surface area contributed by atoms with Crippen LogP contribution in [0.15, 0.2) is 66.9 Å². The van der Waals surface area contributed by atoms with Gasteiger partial charge in [0.15, 0.2) is 0 Å². The number of carbonyl (C=O) groups excluding carboxylic acids is 1. The molecule has 0 atom stereocenters. The first-order valence-corrected chi connectivity index (χ1v) is 13.6. The van der Waals surface area contributed by atoms with Crippen molar-refractivity contribution in [3.8, 4) is 22.6 Å². The summed E-state index contributed by atoms with van der Waals surface area (Å²) in [5.74, 6) is 1.47. The van der Waals surface area contributed by atoms with E-state index in [-0.39, 0.29) is 19.0 Å². The van der Waals surface area contributed by atoms with E-state index in [1.54, 1.807) is 20.2 Å². The minimum Gasteiger partial charge on any atom is -0.497 e. The Morgan fingerprint density at radius 2 is 1.82 bits per heavy atom. The number of aromatic nitrogens is 3. The van der Waals surface area contributed by atoms with Crippen molar-refractivity contribution in [1.29, 1.82) is 0 Å². The number of nitrogens with two attached hydrogens (primary N) is 1. The summed E-state index contributed by atoms with van der Waals surface area (Å²) in [6, 6.07) is 20.6. The highest BCUT2D eigenvalue weighted by molar-refractivity contribution is 5.95. The average Bonchev–Trinajstić information content (AvgIpc) is 3.28. The monoisotopic (exact) mass is 536 g/mol. The standard InChI is InChI=1S/C32H32N4O4/c1-3-39-31(37)18-23-15-25(38-2)10-12-30(23)40-19-28-27-17-22(9-11-29(27)36(35-28)24-5-4-6-24)21-8-7-20-13-14-34-32(33)26(20)16-21/h7-17,24H,3-6,18-19H2,1-2H3,(H2,33,34). The number of hydrogen-bond acceptors (Lipinski definition) is 7. The number of rotatable bonds is 9. The molecule has 1 aliphatic carbocycles. The Kier molecular flexibility index (Phi) is 6.99. The van der Waals surface area contributed by atoms with Crippen LogP contribution in [0.5, 0.6) is 11.5 Å². The third-order valence-corrected chi connectivity index (χ3v) is 7.61. The van der Waals surface area contributed by atoms with Gasteiger partial charge in [-0.2, -0.15) is 5.10 Å². The van der Waals surface area contributed by atoms with Crippen LogP contribution < -0.4 is 15.2 Å². The maximum atomic E-state index is 12.3. The molecule has 2 N–H and O–H groups in total. The second-order valence-corrected chi connectivity index (χ2v) is 10.1. The Morgan fingerprint density at radius 1 is 1.02 bits per heavy atom. The molecule has 1 saturated carbocycles. The number of fused-ring (bicyclic) bond motifs is 2. The zero-order valence-electron chi connectivity index (χ0n) is 22.7. The van der Waals surface area contributed by atoms with E-state index in [0.29, 0.717) is 35.5 Å². The summed E-state index contributed by atoms with van der Waals surface area (Å²) in [6.45, 7) is 2.38. The van der Waals surface area contributed by atoms with Crippen molar-refractivity contribution in [3.63, 3.8) is 0 Å². The molecule has 1 aliphatic rings. The topological polar surface area (TPSA) is 101 Å². The maximum absolute atomic E-state index is 12.3.